The van der Waals surface area contributed by atoms with Gasteiger partial charge in [-0.1, -0.05) is 6.08 Å². The lowest BCUT2D eigenvalue weighted by Crippen LogP contribution is -2.77. The van der Waals surface area contributed by atoms with Crippen LogP contribution in [-0.2, 0) is 9.53 Å². The van der Waals surface area contributed by atoms with Crippen LogP contribution in [0.4, 0.5) is 0 Å². The largest absolute Gasteiger partial charge is 0.353 e. The van der Waals surface area contributed by atoms with Crippen LogP contribution in [0.15, 0.2) is 12.3 Å². The van der Waals surface area contributed by atoms with E-state index in [-0.39, 0.29) is 11.3 Å². The summed E-state index contributed by atoms with van der Waals surface area (Å²) in [5, 5.41) is -0.0417. The molecule has 0 saturated carbocycles. The number of hydrogen-bond acceptors (Lipinski definition) is 4. The van der Waals surface area contributed by atoms with Gasteiger partial charge in [-0.15, -0.1) is 11.8 Å². The average Bonchev–Trinajstić information content (AvgIpc) is 2.16. The first kappa shape index (κ1) is 8.10. The number of methoxy groups -OCH3 is 1. The molecule has 0 aromatic carbocycles. The van der Waals surface area contributed by atoms with Crippen LogP contribution in [0.1, 0.15) is 0 Å². The quantitative estimate of drug-likeness (QED) is 0.452. The number of fused-ring (bicyclic) bond motifs is 1. The zero-order chi connectivity index (χ0) is 8.77. The maximum atomic E-state index is 11.4. The molecule has 2 aliphatic heterocycles. The number of carbonyl (C=O) groups excluding carboxylic acids is 1. The van der Waals surface area contributed by atoms with Gasteiger partial charge in [0.15, 0.2) is 0 Å². The van der Waals surface area contributed by atoms with Crippen LogP contribution in [0.25, 0.3) is 0 Å². The molecule has 1 unspecified atom stereocenters. The molecule has 0 aromatic rings. The number of ether oxygens (including phenoxy) is 1. The van der Waals surface area contributed by atoms with Crippen molar-refractivity contribution in [2.45, 2.75) is 11.1 Å². The van der Waals surface area contributed by atoms with Crippen molar-refractivity contribution >= 4 is 17.7 Å². The van der Waals surface area contributed by atoms with Crippen molar-refractivity contribution in [2.24, 2.45) is 5.73 Å². The summed E-state index contributed by atoms with van der Waals surface area (Å²) >= 11 is 1.62. The van der Waals surface area contributed by atoms with E-state index in [9.17, 15) is 4.79 Å². The normalized spacial score (nSPS) is 39.3. The molecule has 0 aliphatic carbocycles. The van der Waals surface area contributed by atoms with E-state index in [2.05, 4.69) is 0 Å². The van der Waals surface area contributed by atoms with Gasteiger partial charge >= 0.3 is 0 Å². The molecule has 0 aromatic heterocycles. The van der Waals surface area contributed by atoms with E-state index in [1.165, 1.54) is 7.11 Å². The summed E-state index contributed by atoms with van der Waals surface area (Å²) in [6.07, 6.45) is 3.71. The summed E-state index contributed by atoms with van der Waals surface area (Å²) in [5.41, 5.74) is 4.64. The molecule has 1 saturated heterocycles. The molecule has 2 heterocycles. The number of carbonyl (C=O) groups is 1. The maximum absolute atomic E-state index is 11.4. The Morgan fingerprint density at radius 2 is 2.67 bits per heavy atom. The second-order valence-electron chi connectivity index (χ2n) is 2.78. The van der Waals surface area contributed by atoms with Gasteiger partial charge in [0.2, 0.25) is 5.72 Å². The maximum Gasteiger partial charge on any atom is 0.278 e. The molecule has 2 aliphatic rings. The highest BCUT2D eigenvalue weighted by atomic mass is 32.2. The lowest BCUT2D eigenvalue weighted by Gasteiger charge is -2.51. The minimum Gasteiger partial charge on any atom is -0.353 e. The molecule has 0 spiro atoms. The Morgan fingerprint density at radius 3 is 3.33 bits per heavy atom. The zero-order valence-electron chi connectivity index (χ0n) is 6.69. The van der Waals surface area contributed by atoms with Crippen LogP contribution in [0, 0.1) is 0 Å². The van der Waals surface area contributed by atoms with Gasteiger partial charge in [-0.25, -0.2) is 0 Å². The van der Waals surface area contributed by atoms with Crippen molar-refractivity contribution in [1.82, 2.24) is 4.90 Å². The van der Waals surface area contributed by atoms with Crippen LogP contribution in [0.3, 0.4) is 0 Å². The van der Waals surface area contributed by atoms with Crippen LogP contribution in [0.5, 0.6) is 0 Å². The number of amides is 1. The highest BCUT2D eigenvalue weighted by Gasteiger charge is 2.59. The predicted octanol–water partition coefficient (Wildman–Crippen LogP) is -0.283. The van der Waals surface area contributed by atoms with E-state index in [4.69, 9.17) is 10.5 Å². The van der Waals surface area contributed by atoms with Gasteiger partial charge in [0, 0.05) is 19.1 Å². The number of hydrogen-bond donors (Lipinski definition) is 1. The van der Waals surface area contributed by atoms with E-state index in [0.29, 0.717) is 0 Å². The van der Waals surface area contributed by atoms with Gasteiger partial charge in [0.1, 0.15) is 5.37 Å². The fourth-order valence-corrected chi connectivity index (χ4v) is 2.55. The molecule has 66 valence electrons. The lowest BCUT2D eigenvalue weighted by atomic mass is 10.0. The third kappa shape index (κ3) is 0.784. The molecule has 12 heavy (non-hydrogen) atoms. The highest BCUT2D eigenvalue weighted by molar-refractivity contribution is 8.00. The molecule has 4 nitrogen and oxygen atoms in total. The number of thioether (sulfide) groups is 1. The standard InChI is InChI=1S/C7H10N2O2S/c1-11-7(8)5(10)9-3-2-4-12-6(7)9/h2-3,6H,4,8H2,1H3/t6-,7?/m0/s1. The Balaban J connectivity index is 2.24. The third-order valence-corrected chi connectivity index (χ3v) is 3.42. The predicted molar refractivity (Wildman–Crippen MR) is 46.2 cm³/mol. The third-order valence-electron chi connectivity index (χ3n) is 2.14. The van der Waals surface area contributed by atoms with Gasteiger partial charge < -0.3 is 4.74 Å². The molecule has 2 atom stereocenters. The number of rotatable bonds is 1. The van der Waals surface area contributed by atoms with Crippen molar-refractivity contribution < 1.29 is 9.53 Å². The summed E-state index contributed by atoms with van der Waals surface area (Å²) in [6, 6.07) is 0. The lowest BCUT2D eigenvalue weighted by molar-refractivity contribution is -0.178. The fourth-order valence-electron chi connectivity index (χ4n) is 1.40. The van der Waals surface area contributed by atoms with E-state index in [1.807, 2.05) is 6.08 Å². The Morgan fingerprint density at radius 1 is 1.92 bits per heavy atom. The first-order chi connectivity index (χ1) is 5.70. The smallest absolute Gasteiger partial charge is 0.278 e. The fraction of sp³-hybridized carbons (Fsp3) is 0.571. The Kier molecular flexibility index (Phi) is 1.67. The van der Waals surface area contributed by atoms with Gasteiger partial charge in [0.25, 0.3) is 5.91 Å². The molecule has 5 heteroatoms. The highest BCUT2D eigenvalue weighted by Crippen LogP contribution is 2.39. The second-order valence-corrected chi connectivity index (χ2v) is 3.89. The topological polar surface area (TPSA) is 55.6 Å². The molecular formula is C7H10N2O2S. The minimum atomic E-state index is -1.09. The van der Waals surface area contributed by atoms with Crippen molar-refractivity contribution in [3.63, 3.8) is 0 Å². The van der Waals surface area contributed by atoms with Gasteiger partial charge in [-0.3, -0.25) is 15.4 Å². The van der Waals surface area contributed by atoms with Gasteiger partial charge in [0.05, 0.1) is 0 Å². The zero-order valence-corrected chi connectivity index (χ0v) is 7.50. The van der Waals surface area contributed by atoms with Crippen LogP contribution in [-0.4, -0.2) is 34.8 Å². The van der Waals surface area contributed by atoms with Crippen molar-refractivity contribution in [3.05, 3.63) is 12.3 Å². The van der Waals surface area contributed by atoms with E-state index in [1.54, 1.807) is 22.9 Å². The SMILES string of the molecule is COC1(N)C(=O)N2C=CCS[C@H]21. The van der Waals surface area contributed by atoms with E-state index in [0.717, 1.165) is 5.75 Å². The first-order valence-corrected chi connectivity index (χ1v) is 4.70. The summed E-state index contributed by atoms with van der Waals surface area (Å²) < 4.78 is 4.99. The van der Waals surface area contributed by atoms with Gasteiger partial charge in [-0.05, 0) is 0 Å². The van der Waals surface area contributed by atoms with E-state index >= 15 is 0 Å². The average molecular weight is 186 g/mol. The molecule has 1 fully saturated rings. The molecule has 2 N–H and O–H groups in total. The number of β-lactam (4-membered cyclic amide) rings is 1. The Bertz CT molecular complexity index is 256. The summed E-state index contributed by atoms with van der Waals surface area (Å²) in [6.45, 7) is 0. The van der Waals surface area contributed by atoms with Gasteiger partial charge in [-0.2, -0.15) is 0 Å². The van der Waals surface area contributed by atoms with Crippen molar-refractivity contribution in [3.8, 4) is 0 Å². The van der Waals surface area contributed by atoms with Crippen LogP contribution >= 0.6 is 11.8 Å². The summed E-state index contributed by atoms with van der Waals surface area (Å²) in [5.74, 6) is 0.731. The molecule has 0 bridgehead atoms. The first-order valence-electron chi connectivity index (χ1n) is 3.65. The molecule has 0 radical (unpaired) electrons. The van der Waals surface area contributed by atoms with E-state index < -0.39 is 5.72 Å². The minimum absolute atomic E-state index is 0.0417. The monoisotopic (exact) mass is 186 g/mol. The molecule has 1 amide bonds. The van der Waals surface area contributed by atoms with Crippen LogP contribution in [0.2, 0.25) is 0 Å². The Labute approximate surface area is 74.7 Å². The van der Waals surface area contributed by atoms with Crippen molar-refractivity contribution in [2.75, 3.05) is 12.9 Å². The molecule has 2 rings (SSSR count). The molecular weight excluding hydrogens is 176 g/mol. The number of nitrogens with two attached hydrogens (primary N) is 1. The number of nitrogens with zero attached hydrogens (tertiary/aromatic N) is 1. The Hall–Kier alpha value is -0.520. The van der Waals surface area contributed by atoms with Crippen LogP contribution < -0.4 is 5.73 Å². The summed E-state index contributed by atoms with van der Waals surface area (Å²) in [4.78, 5) is 13.0. The second kappa shape index (κ2) is 2.48. The summed E-state index contributed by atoms with van der Waals surface area (Å²) in [7, 11) is 1.47. The van der Waals surface area contributed by atoms with Crippen molar-refractivity contribution in [1.29, 1.82) is 0 Å².